The van der Waals surface area contributed by atoms with Crippen molar-refractivity contribution < 1.29 is 19.5 Å². The minimum Gasteiger partial charge on any atom is -0.480 e. The summed E-state index contributed by atoms with van der Waals surface area (Å²) in [7, 11) is 0. The number of carbonyl (C=O) groups is 3. The van der Waals surface area contributed by atoms with E-state index in [9.17, 15) is 14.4 Å². The molecular weight excluding hydrogens is 262 g/mol. The Kier molecular flexibility index (Phi) is 6.44. The molecule has 0 aromatic carbocycles. The SMILES string of the molecule is CC(=O)N1CCN(CCCC(=O)NC(C)C(=O)O)CC1. The monoisotopic (exact) mass is 285 g/mol. The molecule has 2 N–H and O–H groups in total. The summed E-state index contributed by atoms with van der Waals surface area (Å²) in [5.41, 5.74) is 0. The Morgan fingerprint density at radius 3 is 2.30 bits per heavy atom. The lowest BCUT2D eigenvalue weighted by atomic mass is 10.2. The maximum atomic E-state index is 11.5. The summed E-state index contributed by atoms with van der Waals surface area (Å²) in [6.45, 7) is 6.93. The molecule has 1 aliphatic rings. The lowest BCUT2D eigenvalue weighted by Gasteiger charge is -2.34. The lowest BCUT2D eigenvalue weighted by Crippen LogP contribution is -2.48. The number of amides is 2. The summed E-state index contributed by atoms with van der Waals surface area (Å²) in [5.74, 6) is -1.16. The molecule has 7 nitrogen and oxygen atoms in total. The third-order valence-electron chi connectivity index (χ3n) is 3.44. The van der Waals surface area contributed by atoms with Crippen molar-refractivity contribution in [3.63, 3.8) is 0 Å². The smallest absolute Gasteiger partial charge is 0.325 e. The predicted molar refractivity (Wildman–Crippen MR) is 73.2 cm³/mol. The summed E-state index contributed by atoms with van der Waals surface area (Å²) in [6.07, 6.45) is 1.02. The molecule has 1 atom stereocenters. The largest absolute Gasteiger partial charge is 0.480 e. The van der Waals surface area contributed by atoms with Gasteiger partial charge < -0.3 is 15.3 Å². The molecule has 0 radical (unpaired) electrons. The van der Waals surface area contributed by atoms with Crippen molar-refractivity contribution in [2.24, 2.45) is 0 Å². The van der Waals surface area contributed by atoms with E-state index in [4.69, 9.17) is 5.11 Å². The van der Waals surface area contributed by atoms with Gasteiger partial charge in [-0.25, -0.2) is 0 Å². The summed E-state index contributed by atoms with van der Waals surface area (Å²) in [5, 5.41) is 11.1. The van der Waals surface area contributed by atoms with Crippen LogP contribution in [-0.2, 0) is 14.4 Å². The van der Waals surface area contributed by atoms with E-state index >= 15 is 0 Å². The van der Waals surface area contributed by atoms with Crippen LogP contribution in [-0.4, -0.2) is 71.5 Å². The van der Waals surface area contributed by atoms with E-state index in [0.717, 1.165) is 32.7 Å². The fourth-order valence-corrected chi connectivity index (χ4v) is 2.12. The van der Waals surface area contributed by atoms with Crippen LogP contribution >= 0.6 is 0 Å². The predicted octanol–water partition coefficient (Wildman–Crippen LogP) is -0.480. The standard InChI is InChI=1S/C13H23N3O4/c1-10(13(19)20)14-12(18)4-3-5-15-6-8-16(9-7-15)11(2)17/h10H,3-9H2,1-2H3,(H,14,18)(H,19,20). The highest BCUT2D eigenvalue weighted by Crippen LogP contribution is 2.04. The van der Waals surface area contributed by atoms with Crippen molar-refractivity contribution in [2.45, 2.75) is 32.7 Å². The number of piperazine rings is 1. The van der Waals surface area contributed by atoms with E-state index in [1.165, 1.54) is 6.92 Å². The van der Waals surface area contributed by atoms with Gasteiger partial charge in [0, 0.05) is 39.5 Å². The second-order valence-corrected chi connectivity index (χ2v) is 5.08. The third-order valence-corrected chi connectivity index (χ3v) is 3.44. The van der Waals surface area contributed by atoms with E-state index < -0.39 is 12.0 Å². The second-order valence-electron chi connectivity index (χ2n) is 5.08. The number of carbonyl (C=O) groups excluding carboxylic acids is 2. The Morgan fingerprint density at radius 1 is 1.20 bits per heavy atom. The molecule has 0 aromatic heterocycles. The van der Waals surface area contributed by atoms with Gasteiger partial charge in [0.25, 0.3) is 0 Å². The Hall–Kier alpha value is -1.63. The minimum atomic E-state index is -1.03. The molecule has 1 fully saturated rings. The highest BCUT2D eigenvalue weighted by Gasteiger charge is 2.18. The van der Waals surface area contributed by atoms with Crippen LogP contribution in [0.5, 0.6) is 0 Å². The van der Waals surface area contributed by atoms with E-state index in [2.05, 4.69) is 10.2 Å². The highest BCUT2D eigenvalue weighted by molar-refractivity contribution is 5.83. The molecule has 2 amide bonds. The number of nitrogens with one attached hydrogen (secondary N) is 1. The minimum absolute atomic E-state index is 0.103. The van der Waals surface area contributed by atoms with Gasteiger partial charge in [-0.15, -0.1) is 0 Å². The Labute approximate surface area is 118 Å². The number of carboxylic acids is 1. The van der Waals surface area contributed by atoms with E-state index in [-0.39, 0.29) is 11.8 Å². The third kappa shape index (κ3) is 5.56. The van der Waals surface area contributed by atoms with Gasteiger partial charge in [-0.3, -0.25) is 19.3 Å². The normalized spacial score (nSPS) is 17.6. The molecule has 0 saturated carbocycles. The zero-order chi connectivity index (χ0) is 15.1. The van der Waals surface area contributed by atoms with Gasteiger partial charge in [-0.05, 0) is 19.9 Å². The lowest BCUT2D eigenvalue weighted by molar-refractivity contribution is -0.141. The van der Waals surface area contributed by atoms with Crippen LogP contribution in [0.4, 0.5) is 0 Å². The number of aliphatic carboxylic acids is 1. The number of hydrogen-bond donors (Lipinski definition) is 2. The number of carboxylic acid groups (broad SMARTS) is 1. The van der Waals surface area contributed by atoms with Crippen molar-refractivity contribution in [3.05, 3.63) is 0 Å². The zero-order valence-corrected chi connectivity index (χ0v) is 12.1. The van der Waals surface area contributed by atoms with Crippen LogP contribution in [0.2, 0.25) is 0 Å². The van der Waals surface area contributed by atoms with Crippen molar-refractivity contribution >= 4 is 17.8 Å². The molecule has 1 heterocycles. The second kappa shape index (κ2) is 7.84. The maximum absolute atomic E-state index is 11.5. The molecule has 1 aliphatic heterocycles. The summed E-state index contributed by atoms with van der Waals surface area (Å²) in [6, 6.07) is -0.846. The average molecular weight is 285 g/mol. The molecular formula is C13H23N3O4. The van der Waals surface area contributed by atoms with Gasteiger partial charge in [0.1, 0.15) is 6.04 Å². The van der Waals surface area contributed by atoms with Gasteiger partial charge >= 0.3 is 5.97 Å². The Bertz CT molecular complexity index is 365. The molecule has 0 aliphatic carbocycles. The van der Waals surface area contributed by atoms with E-state index in [1.54, 1.807) is 6.92 Å². The molecule has 1 unspecified atom stereocenters. The fraction of sp³-hybridized carbons (Fsp3) is 0.769. The number of rotatable bonds is 6. The Morgan fingerprint density at radius 2 is 1.80 bits per heavy atom. The quantitative estimate of drug-likeness (QED) is 0.688. The first kappa shape index (κ1) is 16.4. The first-order valence-corrected chi connectivity index (χ1v) is 6.90. The topological polar surface area (TPSA) is 90.0 Å². The molecule has 1 rings (SSSR count). The summed E-state index contributed by atoms with van der Waals surface area (Å²) in [4.78, 5) is 37.3. The van der Waals surface area contributed by atoms with Crippen molar-refractivity contribution in [3.8, 4) is 0 Å². The van der Waals surface area contributed by atoms with E-state index in [1.807, 2.05) is 4.90 Å². The van der Waals surface area contributed by atoms with Gasteiger partial charge in [0.15, 0.2) is 0 Å². The first-order valence-electron chi connectivity index (χ1n) is 6.90. The van der Waals surface area contributed by atoms with Crippen molar-refractivity contribution in [1.29, 1.82) is 0 Å². The Balaban J connectivity index is 2.14. The van der Waals surface area contributed by atoms with Crippen LogP contribution < -0.4 is 5.32 Å². The summed E-state index contributed by atoms with van der Waals surface area (Å²) < 4.78 is 0. The molecule has 1 saturated heterocycles. The van der Waals surface area contributed by atoms with Crippen molar-refractivity contribution in [1.82, 2.24) is 15.1 Å². The van der Waals surface area contributed by atoms with Crippen LogP contribution in [0.15, 0.2) is 0 Å². The average Bonchev–Trinajstić information content (AvgIpc) is 2.39. The molecule has 0 aromatic rings. The van der Waals surface area contributed by atoms with Crippen molar-refractivity contribution in [2.75, 3.05) is 32.7 Å². The molecule has 7 heteroatoms. The molecule has 0 bridgehead atoms. The van der Waals surface area contributed by atoms with E-state index in [0.29, 0.717) is 12.8 Å². The number of hydrogen-bond acceptors (Lipinski definition) is 4. The molecule has 0 spiro atoms. The van der Waals surface area contributed by atoms with Gasteiger partial charge in [0.05, 0.1) is 0 Å². The van der Waals surface area contributed by atoms with Crippen LogP contribution in [0.25, 0.3) is 0 Å². The fourth-order valence-electron chi connectivity index (χ4n) is 2.12. The van der Waals surface area contributed by atoms with Crippen LogP contribution in [0.1, 0.15) is 26.7 Å². The molecule has 20 heavy (non-hydrogen) atoms. The van der Waals surface area contributed by atoms with Gasteiger partial charge in [-0.1, -0.05) is 0 Å². The highest BCUT2D eigenvalue weighted by atomic mass is 16.4. The van der Waals surface area contributed by atoms with Crippen LogP contribution in [0, 0.1) is 0 Å². The summed E-state index contributed by atoms with van der Waals surface area (Å²) >= 11 is 0. The zero-order valence-electron chi connectivity index (χ0n) is 12.1. The van der Waals surface area contributed by atoms with Crippen LogP contribution in [0.3, 0.4) is 0 Å². The number of nitrogens with zero attached hydrogens (tertiary/aromatic N) is 2. The first-order chi connectivity index (χ1) is 9.40. The maximum Gasteiger partial charge on any atom is 0.325 e. The van der Waals surface area contributed by atoms with Gasteiger partial charge in [-0.2, -0.15) is 0 Å². The molecule has 114 valence electrons. The van der Waals surface area contributed by atoms with Gasteiger partial charge in [0.2, 0.25) is 11.8 Å².